The van der Waals surface area contributed by atoms with Crippen molar-refractivity contribution in [3.63, 3.8) is 0 Å². The van der Waals surface area contributed by atoms with Crippen LogP contribution in [0.1, 0.15) is 23.2 Å². The molecular weight excluding hydrogens is 206 g/mol. The Morgan fingerprint density at radius 3 is 2.75 bits per heavy atom. The second kappa shape index (κ2) is 4.00. The third kappa shape index (κ3) is 2.24. The monoisotopic (exact) mass is 221 g/mol. The number of carbonyl (C=O) groups excluding carboxylic acids is 1. The minimum atomic E-state index is -0.488. The summed E-state index contributed by atoms with van der Waals surface area (Å²) in [5.41, 5.74) is 5.70. The number of anilines is 1. The lowest BCUT2D eigenvalue weighted by atomic mass is 10.2. The molecule has 1 aromatic heterocycles. The second-order valence-electron chi connectivity index (χ2n) is 4.12. The summed E-state index contributed by atoms with van der Waals surface area (Å²) in [6, 6.07) is 1.66. The Hall–Kier alpha value is -1.78. The molecule has 86 valence electrons. The van der Waals surface area contributed by atoms with Gasteiger partial charge in [-0.05, 0) is 18.9 Å². The summed E-state index contributed by atoms with van der Waals surface area (Å²) < 4.78 is 5.56. The average molecular weight is 221 g/mol. The van der Waals surface area contributed by atoms with E-state index in [1.165, 1.54) is 0 Å². The number of carbonyl (C=O) groups is 1. The maximum Gasteiger partial charge on any atom is 0.252 e. The van der Waals surface area contributed by atoms with Crippen molar-refractivity contribution in [2.75, 3.05) is 19.0 Å². The summed E-state index contributed by atoms with van der Waals surface area (Å²) in [5, 5.41) is 0. The minimum absolute atomic E-state index is 0.285. The molecule has 1 heterocycles. The van der Waals surface area contributed by atoms with Crippen molar-refractivity contribution in [3.8, 4) is 5.75 Å². The highest BCUT2D eigenvalue weighted by Crippen LogP contribution is 2.28. The number of nitrogens with two attached hydrogens (primary N) is 1. The second-order valence-corrected chi connectivity index (χ2v) is 4.12. The summed E-state index contributed by atoms with van der Waals surface area (Å²) in [7, 11) is 3.63. The Bertz CT molecular complexity index is 414. The third-order valence-electron chi connectivity index (χ3n) is 2.36. The number of hydrogen-bond acceptors (Lipinski definition) is 4. The molecule has 5 heteroatoms. The van der Waals surface area contributed by atoms with Crippen LogP contribution in [0.3, 0.4) is 0 Å². The molecule has 0 radical (unpaired) electrons. The lowest BCUT2D eigenvalue weighted by Crippen LogP contribution is -2.20. The molecule has 2 rings (SSSR count). The van der Waals surface area contributed by atoms with Crippen molar-refractivity contribution in [2.45, 2.75) is 18.9 Å². The van der Waals surface area contributed by atoms with Crippen molar-refractivity contribution in [3.05, 3.63) is 17.8 Å². The van der Waals surface area contributed by atoms with Gasteiger partial charge in [-0.15, -0.1) is 0 Å². The first-order valence-corrected chi connectivity index (χ1v) is 5.21. The lowest BCUT2D eigenvalue weighted by molar-refractivity contribution is 0.1000. The summed E-state index contributed by atoms with van der Waals surface area (Å²) in [5.74, 6) is 0.690. The number of aromatic nitrogens is 1. The van der Waals surface area contributed by atoms with E-state index in [1.54, 1.807) is 17.2 Å². The standard InChI is InChI=1S/C11H15N3O2/c1-14(2)11-9(10(12)15)5-8(6-13-11)16-7-3-4-7/h5-7H,3-4H2,1-2H3,(H2,12,15). The Kier molecular flexibility index (Phi) is 2.68. The number of nitrogens with zero attached hydrogens (tertiary/aromatic N) is 2. The zero-order valence-corrected chi connectivity index (χ0v) is 9.43. The average Bonchev–Trinajstić information content (AvgIpc) is 3.01. The van der Waals surface area contributed by atoms with E-state index in [2.05, 4.69) is 4.98 Å². The first-order valence-electron chi connectivity index (χ1n) is 5.21. The SMILES string of the molecule is CN(C)c1ncc(OC2CC2)cc1C(N)=O. The molecule has 1 aliphatic rings. The van der Waals surface area contributed by atoms with Gasteiger partial charge in [0.2, 0.25) is 0 Å². The topological polar surface area (TPSA) is 68.5 Å². The Morgan fingerprint density at radius 2 is 2.25 bits per heavy atom. The van der Waals surface area contributed by atoms with E-state index >= 15 is 0 Å². The first kappa shape index (κ1) is 10.7. The van der Waals surface area contributed by atoms with E-state index in [0.29, 0.717) is 17.1 Å². The summed E-state index contributed by atoms with van der Waals surface area (Å²) >= 11 is 0. The van der Waals surface area contributed by atoms with Crippen LogP contribution in [0.4, 0.5) is 5.82 Å². The molecule has 0 bridgehead atoms. The highest BCUT2D eigenvalue weighted by Gasteiger charge is 2.24. The molecule has 1 amide bonds. The van der Waals surface area contributed by atoms with E-state index in [9.17, 15) is 4.79 Å². The van der Waals surface area contributed by atoms with Gasteiger partial charge in [-0.3, -0.25) is 4.79 Å². The molecule has 0 unspecified atom stereocenters. The van der Waals surface area contributed by atoms with Gasteiger partial charge >= 0.3 is 0 Å². The van der Waals surface area contributed by atoms with Crippen molar-refractivity contribution in [1.82, 2.24) is 4.98 Å². The van der Waals surface area contributed by atoms with Gasteiger partial charge in [-0.1, -0.05) is 0 Å². The molecular formula is C11H15N3O2. The molecule has 16 heavy (non-hydrogen) atoms. The van der Waals surface area contributed by atoms with Crippen LogP contribution < -0.4 is 15.4 Å². The molecule has 0 aromatic carbocycles. The van der Waals surface area contributed by atoms with Crippen molar-refractivity contribution < 1.29 is 9.53 Å². The Balaban J connectivity index is 2.30. The minimum Gasteiger partial charge on any atom is -0.489 e. The van der Waals surface area contributed by atoms with E-state index in [1.807, 2.05) is 14.1 Å². The maximum atomic E-state index is 11.3. The number of pyridine rings is 1. The van der Waals surface area contributed by atoms with Gasteiger partial charge in [0.05, 0.1) is 17.9 Å². The molecule has 0 spiro atoms. The Labute approximate surface area is 94.2 Å². The molecule has 0 atom stereocenters. The Morgan fingerprint density at radius 1 is 1.56 bits per heavy atom. The number of ether oxygens (including phenoxy) is 1. The van der Waals surface area contributed by atoms with Gasteiger partial charge in [0.15, 0.2) is 0 Å². The number of rotatable bonds is 4. The van der Waals surface area contributed by atoms with Gasteiger partial charge in [-0.25, -0.2) is 4.98 Å². The van der Waals surface area contributed by atoms with Crippen LogP contribution in [0.5, 0.6) is 5.75 Å². The molecule has 1 fully saturated rings. The number of primary amides is 1. The van der Waals surface area contributed by atoms with E-state index in [4.69, 9.17) is 10.5 Å². The largest absolute Gasteiger partial charge is 0.489 e. The van der Waals surface area contributed by atoms with Crippen molar-refractivity contribution >= 4 is 11.7 Å². The zero-order chi connectivity index (χ0) is 11.7. The summed E-state index contributed by atoms with van der Waals surface area (Å²) in [4.78, 5) is 17.2. The van der Waals surface area contributed by atoms with Crippen molar-refractivity contribution in [2.24, 2.45) is 5.73 Å². The smallest absolute Gasteiger partial charge is 0.252 e. The third-order valence-corrected chi connectivity index (χ3v) is 2.36. The van der Waals surface area contributed by atoms with Gasteiger partial charge in [0.1, 0.15) is 11.6 Å². The zero-order valence-electron chi connectivity index (χ0n) is 9.43. The normalized spacial score (nSPS) is 14.6. The molecule has 0 aliphatic heterocycles. The molecule has 1 aromatic rings. The van der Waals surface area contributed by atoms with Crippen LogP contribution >= 0.6 is 0 Å². The van der Waals surface area contributed by atoms with Gasteiger partial charge < -0.3 is 15.4 Å². The van der Waals surface area contributed by atoms with Crippen LogP contribution in [-0.4, -0.2) is 31.1 Å². The number of hydrogen-bond donors (Lipinski definition) is 1. The van der Waals surface area contributed by atoms with Crippen LogP contribution in [0.2, 0.25) is 0 Å². The van der Waals surface area contributed by atoms with Crippen LogP contribution in [0, 0.1) is 0 Å². The van der Waals surface area contributed by atoms with Gasteiger partial charge in [0, 0.05) is 14.1 Å². The fraction of sp³-hybridized carbons (Fsp3) is 0.455. The predicted molar refractivity (Wildman–Crippen MR) is 60.7 cm³/mol. The van der Waals surface area contributed by atoms with Crippen LogP contribution in [-0.2, 0) is 0 Å². The van der Waals surface area contributed by atoms with Gasteiger partial charge in [0.25, 0.3) is 5.91 Å². The quantitative estimate of drug-likeness (QED) is 0.816. The first-order chi connectivity index (χ1) is 7.58. The van der Waals surface area contributed by atoms with Crippen LogP contribution in [0.25, 0.3) is 0 Å². The van der Waals surface area contributed by atoms with E-state index in [0.717, 1.165) is 12.8 Å². The summed E-state index contributed by atoms with van der Waals surface area (Å²) in [6.45, 7) is 0. The fourth-order valence-corrected chi connectivity index (χ4v) is 1.42. The lowest BCUT2D eigenvalue weighted by Gasteiger charge is -2.15. The fourth-order valence-electron chi connectivity index (χ4n) is 1.42. The van der Waals surface area contributed by atoms with Gasteiger partial charge in [-0.2, -0.15) is 0 Å². The molecule has 0 saturated heterocycles. The molecule has 5 nitrogen and oxygen atoms in total. The molecule has 2 N–H and O–H groups in total. The predicted octanol–water partition coefficient (Wildman–Crippen LogP) is 0.788. The maximum absolute atomic E-state index is 11.3. The highest BCUT2D eigenvalue weighted by molar-refractivity contribution is 5.98. The van der Waals surface area contributed by atoms with E-state index < -0.39 is 5.91 Å². The molecule has 1 aliphatic carbocycles. The summed E-state index contributed by atoms with van der Waals surface area (Å²) in [6.07, 6.45) is 4.05. The van der Waals surface area contributed by atoms with E-state index in [-0.39, 0.29) is 6.10 Å². The van der Waals surface area contributed by atoms with Crippen molar-refractivity contribution in [1.29, 1.82) is 0 Å². The van der Waals surface area contributed by atoms with Crippen LogP contribution in [0.15, 0.2) is 12.3 Å². The molecule has 1 saturated carbocycles. The number of amides is 1. The highest BCUT2D eigenvalue weighted by atomic mass is 16.5.